The molecule has 4 aliphatic heterocycles. The van der Waals surface area contributed by atoms with Crippen molar-refractivity contribution in [3.63, 3.8) is 0 Å². The van der Waals surface area contributed by atoms with Gasteiger partial charge >= 0.3 is 0 Å². The second kappa shape index (κ2) is 30.3. The summed E-state index contributed by atoms with van der Waals surface area (Å²) in [5.74, 6) is 2.71. The Morgan fingerprint density at radius 1 is 0.682 bits per heavy atom. The molecule has 4 fully saturated rings. The van der Waals surface area contributed by atoms with Crippen LogP contribution in [0.15, 0.2) is 130 Å². The van der Waals surface area contributed by atoms with E-state index in [2.05, 4.69) is 106 Å². The molecule has 4 heterocycles. The number of hydrazone groups is 4. The van der Waals surface area contributed by atoms with Crippen molar-refractivity contribution in [3.8, 4) is 0 Å². The smallest absolute Gasteiger partial charge is 0.249 e. The molecule has 0 radical (unpaired) electrons. The van der Waals surface area contributed by atoms with Crippen LogP contribution in [0.2, 0.25) is 0 Å². The van der Waals surface area contributed by atoms with Crippen LogP contribution in [0.1, 0.15) is 142 Å². The number of allylic oxidation sites excluding steroid dienone is 3. The van der Waals surface area contributed by atoms with E-state index in [1.807, 2.05) is 86.2 Å². The van der Waals surface area contributed by atoms with Gasteiger partial charge in [0.25, 0.3) is 0 Å². The molecule has 4 saturated carbocycles. The molecule has 2 N–H and O–H groups in total. The van der Waals surface area contributed by atoms with E-state index in [1.54, 1.807) is 19.1 Å². The van der Waals surface area contributed by atoms with Crippen LogP contribution in [0.25, 0.3) is 6.08 Å². The van der Waals surface area contributed by atoms with Crippen molar-refractivity contribution in [1.82, 2.24) is 20.9 Å². The van der Waals surface area contributed by atoms with E-state index in [4.69, 9.17) is 0 Å². The molecule has 11 rings (SSSR count). The fourth-order valence-electron chi connectivity index (χ4n) is 9.60. The first kappa shape index (κ1) is 54.4. The summed E-state index contributed by atoms with van der Waals surface area (Å²) in [5, 5.41) is 20.3. The van der Waals surface area contributed by atoms with Crippen LogP contribution in [-0.4, -0.2) is 72.0 Å². The zero-order chi connectivity index (χ0) is 46.7. The highest BCUT2D eigenvalue weighted by molar-refractivity contribution is 5.85. The van der Waals surface area contributed by atoms with E-state index >= 15 is 0 Å². The quantitative estimate of drug-likeness (QED) is 0.179. The third kappa shape index (κ3) is 17.1. The largest absolute Gasteiger partial charge is 0.307 e. The van der Waals surface area contributed by atoms with Crippen molar-refractivity contribution < 1.29 is 14.4 Å². The number of carbonyl (C=O) groups excluding carboxylic acids is 3. The Hall–Kier alpha value is -5.97. The first-order chi connectivity index (χ1) is 31.8. The Kier molecular flexibility index (Phi) is 24.9. The summed E-state index contributed by atoms with van der Waals surface area (Å²) in [7, 11) is 0. The Labute approximate surface area is 396 Å². The minimum Gasteiger partial charge on any atom is -0.307 e. The van der Waals surface area contributed by atoms with Gasteiger partial charge in [0.05, 0.1) is 17.5 Å². The summed E-state index contributed by atoms with van der Waals surface area (Å²) in [4.78, 5) is 32.7. The van der Waals surface area contributed by atoms with E-state index < -0.39 is 0 Å². The minimum atomic E-state index is -0.0938. The van der Waals surface area contributed by atoms with Gasteiger partial charge in [0.15, 0.2) is 0 Å². The molecular weight excluding hydrogens is 821 g/mol. The average Bonchev–Trinajstić information content (AvgIpc) is 4.21. The lowest BCUT2D eigenvalue weighted by Crippen LogP contribution is -2.53. The van der Waals surface area contributed by atoms with Gasteiger partial charge in [-0.05, 0) is 113 Å². The van der Waals surface area contributed by atoms with Gasteiger partial charge in [-0.1, -0.05) is 124 Å². The summed E-state index contributed by atoms with van der Waals surface area (Å²) in [6, 6.07) is 32.2. The van der Waals surface area contributed by atoms with Gasteiger partial charge in [-0.15, -0.1) is 0 Å². The Balaban J connectivity index is 0.000000228. The second-order valence-corrected chi connectivity index (χ2v) is 17.2. The number of nitrogens with one attached hydrogen (secondary N) is 2. The molecule has 356 valence electrons. The van der Waals surface area contributed by atoms with Gasteiger partial charge in [-0.3, -0.25) is 19.4 Å². The standard InChI is InChI=1S/C20H24N2O.C9H10N2.C9H8O.C6H12N2.C4H8N2.C4H6O.C2H6.CH4/c23-19(20-11-14-8-15(12-20)10-16(9-14)13-20)22-18(6-7-21-22)17-4-2-1-3-5-17;1-2-4-8(5-3-1)9-6-7-10-11-9;10-8-4-7-9-5-2-1-3-6-9;1-3-8-6(2)4-5-7-8;1-4-2-3-5-6-4;1-2-3-4-5;1-2;/h1-5,7,14-16,18H,6,8-13H2;1-5,7,9,11H,6H2;1-8H;5-6H,3-4H2,1-2H3;3-4,6H,2H2,1H3;2-4H,1H3;1-2H3;1H4/b;;7-4+;;;3-2+;;. The molecular formula is C55H78N8O3. The molecule has 4 bridgehead atoms. The molecule has 1 amide bonds. The molecule has 4 atom stereocenters. The first-order valence-electron chi connectivity index (χ1n) is 23.8. The SMILES string of the molecule is C.C/C=C/C=O.C1=NNC(c2ccccc2)C1.CC.CC1CC=NN1.CCN1N=CCC1C.O=C(N1N=CCC1c1ccccc1)C12CC3CC(CC(C3)C1)C2.O=C/C=C/c1ccccc1. The van der Waals surface area contributed by atoms with Crippen LogP contribution in [-0.2, 0) is 14.4 Å². The Morgan fingerprint density at radius 3 is 1.62 bits per heavy atom. The van der Waals surface area contributed by atoms with Gasteiger partial charge in [0, 0.05) is 69.2 Å². The fourth-order valence-corrected chi connectivity index (χ4v) is 9.60. The molecule has 4 unspecified atom stereocenters. The van der Waals surface area contributed by atoms with Crippen molar-refractivity contribution >= 4 is 49.4 Å². The fraction of sp³-hybridized carbons (Fsp3) is 0.473. The van der Waals surface area contributed by atoms with Crippen LogP contribution in [0.4, 0.5) is 0 Å². The summed E-state index contributed by atoms with van der Waals surface area (Å²) < 4.78 is 0. The highest BCUT2D eigenvalue weighted by Gasteiger charge is 2.56. The minimum absolute atomic E-state index is 0. The predicted octanol–water partition coefficient (Wildman–Crippen LogP) is 11.6. The number of hydrogen-bond donors (Lipinski definition) is 2. The maximum Gasteiger partial charge on any atom is 0.249 e. The van der Waals surface area contributed by atoms with Crippen LogP contribution in [0, 0.1) is 23.2 Å². The maximum absolute atomic E-state index is 13.5. The van der Waals surface area contributed by atoms with Crippen molar-refractivity contribution in [3.05, 3.63) is 126 Å². The monoisotopic (exact) mass is 899 g/mol. The van der Waals surface area contributed by atoms with Gasteiger partial charge in [0.2, 0.25) is 5.91 Å². The van der Waals surface area contributed by atoms with Crippen LogP contribution < -0.4 is 10.9 Å². The van der Waals surface area contributed by atoms with Crippen molar-refractivity contribution in [2.45, 2.75) is 137 Å². The molecule has 11 nitrogen and oxygen atoms in total. The summed E-state index contributed by atoms with van der Waals surface area (Å²) in [5.41, 5.74) is 9.41. The number of hydrogen-bond acceptors (Lipinski definition) is 10. The van der Waals surface area contributed by atoms with Gasteiger partial charge in [0.1, 0.15) is 12.6 Å². The molecule has 3 aromatic rings. The zero-order valence-corrected chi connectivity index (χ0v) is 39.7. The van der Waals surface area contributed by atoms with Crippen molar-refractivity contribution in [1.29, 1.82) is 0 Å². The molecule has 8 aliphatic rings. The highest BCUT2D eigenvalue weighted by atomic mass is 16.2. The number of rotatable bonds is 7. The molecule has 0 spiro atoms. The second-order valence-electron chi connectivity index (χ2n) is 17.2. The Morgan fingerprint density at radius 2 is 1.21 bits per heavy atom. The first-order valence-corrected chi connectivity index (χ1v) is 23.8. The van der Waals surface area contributed by atoms with Gasteiger partial charge in [-0.2, -0.15) is 20.4 Å². The number of nitrogens with zero attached hydrogens (tertiary/aromatic N) is 6. The zero-order valence-electron chi connectivity index (χ0n) is 39.7. The molecule has 3 aromatic carbocycles. The molecule has 4 aliphatic carbocycles. The van der Waals surface area contributed by atoms with E-state index in [1.165, 1.54) is 42.5 Å². The van der Waals surface area contributed by atoms with Crippen molar-refractivity contribution in [2.24, 2.45) is 43.6 Å². The van der Waals surface area contributed by atoms with E-state index in [0.29, 0.717) is 24.0 Å². The topological polar surface area (TPSA) is 131 Å². The lowest BCUT2D eigenvalue weighted by atomic mass is 9.49. The maximum atomic E-state index is 13.5. The lowest BCUT2D eigenvalue weighted by molar-refractivity contribution is -0.159. The third-order valence-corrected chi connectivity index (χ3v) is 12.4. The molecule has 11 heteroatoms. The van der Waals surface area contributed by atoms with Crippen LogP contribution in [0.3, 0.4) is 0 Å². The number of aldehydes is 2. The summed E-state index contributed by atoms with van der Waals surface area (Å²) in [6.45, 7) is 13.3. The number of carbonyl (C=O) groups is 3. The van der Waals surface area contributed by atoms with Crippen molar-refractivity contribution in [2.75, 3.05) is 6.54 Å². The summed E-state index contributed by atoms with van der Waals surface area (Å²) in [6.07, 6.45) is 27.1. The molecule has 66 heavy (non-hydrogen) atoms. The molecule has 0 saturated heterocycles. The Bertz CT molecular complexity index is 1950. The normalized spacial score (nSPS) is 26.2. The van der Waals surface area contributed by atoms with E-state index in [0.717, 1.165) is 87.4 Å². The van der Waals surface area contributed by atoms with Crippen LogP contribution >= 0.6 is 0 Å². The number of benzene rings is 3. The van der Waals surface area contributed by atoms with E-state index in [-0.39, 0.29) is 18.9 Å². The van der Waals surface area contributed by atoms with E-state index in [9.17, 15) is 14.4 Å². The van der Waals surface area contributed by atoms with Crippen LogP contribution in [0.5, 0.6) is 0 Å². The predicted molar refractivity (Wildman–Crippen MR) is 276 cm³/mol. The third-order valence-electron chi connectivity index (χ3n) is 12.4. The van der Waals surface area contributed by atoms with Gasteiger partial charge in [-0.25, -0.2) is 5.01 Å². The summed E-state index contributed by atoms with van der Waals surface area (Å²) >= 11 is 0. The lowest BCUT2D eigenvalue weighted by Gasteiger charge is -2.56. The number of amides is 1. The highest BCUT2D eigenvalue weighted by Crippen LogP contribution is 2.61. The van der Waals surface area contributed by atoms with Gasteiger partial charge < -0.3 is 10.9 Å². The average molecular weight is 899 g/mol. The molecule has 0 aromatic heterocycles.